The number of ether oxygens (including phenoxy) is 2. The van der Waals surface area contributed by atoms with Crippen LogP contribution in [0.4, 0.5) is 5.69 Å². The number of hydrogen-bond acceptors (Lipinski definition) is 6. The zero-order valence-electron chi connectivity index (χ0n) is 19.4. The van der Waals surface area contributed by atoms with Gasteiger partial charge in [0.2, 0.25) is 0 Å². The zero-order valence-corrected chi connectivity index (χ0v) is 20.2. The Labute approximate surface area is 203 Å². The molecular weight excluding hydrogens is 448 g/mol. The Morgan fingerprint density at radius 2 is 1.71 bits per heavy atom. The highest BCUT2D eigenvalue weighted by atomic mass is 32.1. The summed E-state index contributed by atoms with van der Waals surface area (Å²) in [6, 6.07) is 18.9. The van der Waals surface area contributed by atoms with Crippen LogP contribution in [0.25, 0.3) is 22.4 Å². The summed E-state index contributed by atoms with van der Waals surface area (Å²) in [5.74, 6) is 1.72. The van der Waals surface area contributed by atoms with E-state index in [1.54, 1.807) is 30.6 Å². The maximum Gasteiger partial charge on any atom is 0.269 e. The number of methoxy groups -OCH3 is 1. The van der Waals surface area contributed by atoms with Crippen LogP contribution >= 0.6 is 11.3 Å². The van der Waals surface area contributed by atoms with Gasteiger partial charge in [-0.05, 0) is 72.9 Å². The van der Waals surface area contributed by atoms with Gasteiger partial charge < -0.3 is 9.47 Å². The lowest BCUT2D eigenvalue weighted by atomic mass is 9.94. The number of aryl methyl sites for hydroxylation is 3. The Balaban J connectivity index is 1.57. The minimum atomic E-state index is -0.393. The van der Waals surface area contributed by atoms with Crippen molar-refractivity contribution in [3.63, 3.8) is 0 Å². The molecule has 0 amide bonds. The van der Waals surface area contributed by atoms with E-state index in [4.69, 9.17) is 14.5 Å². The first-order valence-electron chi connectivity index (χ1n) is 11.1. The second-order valence-corrected chi connectivity index (χ2v) is 8.81. The monoisotopic (exact) mass is 474 g/mol. The Morgan fingerprint density at radius 1 is 1.00 bits per heavy atom. The summed E-state index contributed by atoms with van der Waals surface area (Å²) in [5, 5.41) is 13.9. The van der Waals surface area contributed by atoms with Crippen molar-refractivity contribution in [1.82, 2.24) is 4.98 Å². The molecule has 3 aromatic carbocycles. The third-order valence-electron chi connectivity index (χ3n) is 5.64. The number of thiazole rings is 1. The topological polar surface area (TPSA) is 74.5 Å². The number of nitro benzene ring substituents is 1. The lowest BCUT2D eigenvalue weighted by molar-refractivity contribution is -0.384. The molecule has 0 unspecified atom stereocenters. The van der Waals surface area contributed by atoms with Crippen LogP contribution in [0.3, 0.4) is 0 Å². The summed E-state index contributed by atoms with van der Waals surface area (Å²) in [7, 11) is 1.67. The van der Waals surface area contributed by atoms with Gasteiger partial charge in [0.1, 0.15) is 11.5 Å². The highest BCUT2D eigenvalue weighted by Crippen LogP contribution is 2.33. The molecule has 4 rings (SSSR count). The summed E-state index contributed by atoms with van der Waals surface area (Å²) in [5.41, 5.74) is 6.40. The maximum atomic E-state index is 10.9. The lowest BCUT2D eigenvalue weighted by Gasteiger charge is -2.15. The summed E-state index contributed by atoms with van der Waals surface area (Å²) in [6.07, 6.45) is 1.63. The predicted octanol–water partition coefficient (Wildman–Crippen LogP) is 6.89. The van der Waals surface area contributed by atoms with Crippen LogP contribution in [0.1, 0.15) is 23.1 Å². The van der Waals surface area contributed by atoms with Gasteiger partial charge >= 0.3 is 0 Å². The van der Waals surface area contributed by atoms with E-state index >= 15 is 0 Å². The molecule has 7 heteroatoms. The van der Waals surface area contributed by atoms with Crippen molar-refractivity contribution in [2.24, 2.45) is 0 Å². The van der Waals surface area contributed by atoms with E-state index in [2.05, 4.69) is 31.2 Å². The minimum absolute atomic E-state index is 0.0798. The second-order valence-electron chi connectivity index (χ2n) is 7.87. The van der Waals surface area contributed by atoms with Crippen molar-refractivity contribution in [3.05, 3.63) is 92.3 Å². The van der Waals surface area contributed by atoms with Crippen molar-refractivity contribution < 1.29 is 14.4 Å². The molecular formula is C27H26N2O4S. The lowest BCUT2D eigenvalue weighted by Crippen LogP contribution is -2.00. The summed E-state index contributed by atoms with van der Waals surface area (Å²) in [4.78, 5) is 15.3. The number of rotatable bonds is 9. The Bertz CT molecular complexity index is 1280. The van der Waals surface area contributed by atoms with Crippen molar-refractivity contribution in [3.8, 4) is 33.9 Å². The molecule has 174 valence electrons. The molecule has 34 heavy (non-hydrogen) atoms. The SMILES string of the molecule is CCOc1cc(-c2ccc(OC)cc2)c(CCc2nc(-c3ccc([N+](=O)[O-])cc3)cs2)cc1C. The third kappa shape index (κ3) is 5.26. The van der Waals surface area contributed by atoms with Crippen LogP contribution in [0, 0.1) is 17.0 Å². The number of aromatic nitrogens is 1. The predicted molar refractivity (Wildman–Crippen MR) is 136 cm³/mol. The average Bonchev–Trinajstić information content (AvgIpc) is 3.33. The summed E-state index contributed by atoms with van der Waals surface area (Å²) in [6.45, 7) is 4.68. The van der Waals surface area contributed by atoms with Gasteiger partial charge in [0.15, 0.2) is 0 Å². The van der Waals surface area contributed by atoms with Gasteiger partial charge in [-0.15, -0.1) is 11.3 Å². The van der Waals surface area contributed by atoms with Gasteiger partial charge in [0, 0.05) is 29.5 Å². The van der Waals surface area contributed by atoms with Crippen LogP contribution in [0.2, 0.25) is 0 Å². The van der Waals surface area contributed by atoms with Gasteiger partial charge in [0.05, 0.1) is 29.3 Å². The molecule has 0 N–H and O–H groups in total. The van der Waals surface area contributed by atoms with Crippen LogP contribution in [0.15, 0.2) is 66.0 Å². The molecule has 0 radical (unpaired) electrons. The Hall–Kier alpha value is -3.71. The first-order valence-corrected chi connectivity index (χ1v) is 12.0. The number of nitrogens with zero attached hydrogens (tertiary/aromatic N) is 2. The highest BCUT2D eigenvalue weighted by Gasteiger charge is 2.13. The average molecular weight is 475 g/mol. The van der Waals surface area contributed by atoms with Crippen molar-refractivity contribution >= 4 is 17.0 Å². The van der Waals surface area contributed by atoms with Crippen LogP contribution in [-0.2, 0) is 12.8 Å². The van der Waals surface area contributed by atoms with Gasteiger partial charge in [-0.2, -0.15) is 0 Å². The smallest absolute Gasteiger partial charge is 0.269 e. The van der Waals surface area contributed by atoms with Crippen LogP contribution in [0.5, 0.6) is 11.5 Å². The number of non-ortho nitro benzene ring substituents is 1. The van der Waals surface area contributed by atoms with E-state index in [9.17, 15) is 10.1 Å². The minimum Gasteiger partial charge on any atom is -0.497 e. The van der Waals surface area contributed by atoms with Gasteiger partial charge in [-0.3, -0.25) is 10.1 Å². The number of benzene rings is 3. The molecule has 1 heterocycles. The molecule has 0 saturated heterocycles. The highest BCUT2D eigenvalue weighted by molar-refractivity contribution is 7.09. The molecule has 6 nitrogen and oxygen atoms in total. The molecule has 0 aliphatic carbocycles. The van der Waals surface area contributed by atoms with E-state index in [0.717, 1.165) is 57.3 Å². The van der Waals surface area contributed by atoms with Crippen molar-refractivity contribution in [1.29, 1.82) is 0 Å². The molecule has 0 bridgehead atoms. The number of hydrogen-bond donors (Lipinski definition) is 0. The maximum absolute atomic E-state index is 10.9. The van der Waals surface area contributed by atoms with Gasteiger partial charge in [-0.25, -0.2) is 4.98 Å². The molecule has 4 aromatic rings. The number of nitro groups is 1. The standard InChI is InChI=1S/C27H26N2O4S/c1-4-33-26-16-24(19-7-12-23(32-3)13-8-19)21(15-18(26)2)9-14-27-28-25(17-34-27)20-5-10-22(11-6-20)29(30)31/h5-8,10-13,15-17H,4,9,14H2,1-3H3. The van der Waals surface area contributed by atoms with E-state index < -0.39 is 4.92 Å². The van der Waals surface area contributed by atoms with E-state index in [1.165, 1.54) is 17.7 Å². The first kappa shape index (κ1) is 23.4. The molecule has 1 aromatic heterocycles. The van der Waals surface area contributed by atoms with Crippen LogP contribution < -0.4 is 9.47 Å². The van der Waals surface area contributed by atoms with Crippen LogP contribution in [-0.4, -0.2) is 23.6 Å². The molecule has 0 fully saturated rings. The van der Waals surface area contributed by atoms with E-state index in [-0.39, 0.29) is 5.69 Å². The normalized spacial score (nSPS) is 10.8. The quantitative estimate of drug-likeness (QED) is 0.195. The Morgan fingerprint density at radius 3 is 2.35 bits per heavy atom. The zero-order chi connectivity index (χ0) is 24.1. The Kier molecular flexibility index (Phi) is 7.23. The molecule has 0 saturated carbocycles. The third-order valence-corrected chi connectivity index (χ3v) is 6.54. The summed E-state index contributed by atoms with van der Waals surface area (Å²) >= 11 is 1.61. The fraction of sp³-hybridized carbons (Fsp3) is 0.222. The van der Waals surface area contributed by atoms with Crippen molar-refractivity contribution in [2.75, 3.05) is 13.7 Å². The summed E-state index contributed by atoms with van der Waals surface area (Å²) < 4.78 is 11.2. The molecule has 0 atom stereocenters. The fourth-order valence-electron chi connectivity index (χ4n) is 3.86. The first-order chi connectivity index (χ1) is 16.5. The molecule has 0 aliphatic rings. The molecule has 0 spiro atoms. The van der Waals surface area contributed by atoms with E-state index in [0.29, 0.717) is 6.61 Å². The van der Waals surface area contributed by atoms with Gasteiger partial charge in [-0.1, -0.05) is 18.2 Å². The fourth-order valence-corrected chi connectivity index (χ4v) is 4.67. The van der Waals surface area contributed by atoms with E-state index in [1.807, 2.05) is 24.4 Å². The largest absolute Gasteiger partial charge is 0.497 e. The molecule has 0 aliphatic heterocycles. The van der Waals surface area contributed by atoms with Gasteiger partial charge in [0.25, 0.3) is 5.69 Å². The van der Waals surface area contributed by atoms with Crippen molar-refractivity contribution in [2.45, 2.75) is 26.7 Å². The second kappa shape index (κ2) is 10.5.